The first-order valence-electron chi connectivity index (χ1n) is 12.4. The van der Waals surface area contributed by atoms with Crippen LogP contribution in [0, 0.1) is 0 Å². The van der Waals surface area contributed by atoms with Gasteiger partial charge in [-0.15, -0.1) is 5.10 Å². The highest BCUT2D eigenvalue weighted by Gasteiger charge is 2.32. The van der Waals surface area contributed by atoms with Crippen molar-refractivity contribution in [3.63, 3.8) is 0 Å². The highest BCUT2D eigenvalue weighted by atomic mass is 35.5. The third kappa shape index (κ3) is 9.34. The maximum absolute atomic E-state index is 13.3. The number of amides is 2. The molecule has 0 aliphatic rings. The first kappa shape index (κ1) is 32.7. The highest BCUT2D eigenvalue weighted by Crippen LogP contribution is 2.31. The Bertz CT molecular complexity index is 1440. The molecule has 0 fully saturated rings. The number of hydrogen-bond donors (Lipinski definition) is 2. The average molecular weight is 622 g/mol. The number of carbonyl (C=O) groups is 2. The summed E-state index contributed by atoms with van der Waals surface area (Å²) in [5, 5.41) is 9.32. The molecule has 3 rings (SSSR count). The fourth-order valence-corrected chi connectivity index (χ4v) is 4.03. The number of hydrogen-bond acceptors (Lipinski definition) is 5. The molecule has 1 aromatic heterocycles. The first-order chi connectivity index (χ1) is 19.7. The number of benzene rings is 2. The zero-order valence-corrected chi connectivity index (χ0v) is 22.8. The molecular formula is C26H26ClF6N5O4. The van der Waals surface area contributed by atoms with E-state index in [9.17, 15) is 40.7 Å². The fraction of sp³-hybridized carbons (Fsp3) is 0.385. The van der Waals surface area contributed by atoms with E-state index >= 15 is 0 Å². The minimum Gasteiger partial charge on any atom is -0.383 e. The third-order valence-corrected chi connectivity index (χ3v) is 6.16. The van der Waals surface area contributed by atoms with E-state index in [1.54, 1.807) is 0 Å². The molecule has 3 aromatic rings. The number of halogens is 7. The van der Waals surface area contributed by atoms with E-state index in [1.165, 1.54) is 37.4 Å². The Morgan fingerprint density at radius 1 is 1.05 bits per heavy atom. The van der Waals surface area contributed by atoms with Gasteiger partial charge in [-0.05, 0) is 42.0 Å². The molecule has 42 heavy (non-hydrogen) atoms. The molecule has 0 aliphatic heterocycles. The van der Waals surface area contributed by atoms with Crippen LogP contribution in [0.3, 0.4) is 0 Å². The van der Waals surface area contributed by atoms with Crippen molar-refractivity contribution in [1.29, 1.82) is 0 Å². The Hall–Kier alpha value is -3.85. The Balaban J connectivity index is 1.90. The Morgan fingerprint density at radius 2 is 1.74 bits per heavy atom. The molecular weight excluding hydrogens is 596 g/mol. The Labute approximate surface area is 240 Å². The van der Waals surface area contributed by atoms with Crippen LogP contribution in [0.25, 0.3) is 11.4 Å². The van der Waals surface area contributed by atoms with Crippen LogP contribution in [0.5, 0.6) is 0 Å². The summed E-state index contributed by atoms with van der Waals surface area (Å²) in [6.07, 6.45) is -11.1. The van der Waals surface area contributed by atoms with E-state index in [2.05, 4.69) is 15.7 Å². The second-order valence-corrected chi connectivity index (χ2v) is 9.51. The summed E-state index contributed by atoms with van der Waals surface area (Å²) in [6, 6.07) is 8.52. The van der Waals surface area contributed by atoms with Crippen molar-refractivity contribution in [2.24, 2.45) is 0 Å². The normalized spacial score (nSPS) is 12.7. The topological polar surface area (TPSA) is 107 Å². The predicted octanol–water partition coefficient (Wildman–Crippen LogP) is 4.35. The molecule has 228 valence electrons. The van der Waals surface area contributed by atoms with Gasteiger partial charge in [0.15, 0.2) is 5.82 Å². The molecule has 0 aliphatic carbocycles. The van der Waals surface area contributed by atoms with Gasteiger partial charge >= 0.3 is 18.0 Å². The van der Waals surface area contributed by atoms with Crippen LogP contribution in [0.4, 0.5) is 26.3 Å². The van der Waals surface area contributed by atoms with Gasteiger partial charge in [0.2, 0.25) is 11.8 Å². The lowest BCUT2D eigenvalue weighted by molar-refractivity contribution is -0.138. The summed E-state index contributed by atoms with van der Waals surface area (Å²) < 4.78 is 85.1. The fourth-order valence-electron chi connectivity index (χ4n) is 3.91. The van der Waals surface area contributed by atoms with Gasteiger partial charge in [-0.2, -0.15) is 26.3 Å². The van der Waals surface area contributed by atoms with Crippen LogP contribution in [0.2, 0.25) is 5.02 Å². The molecule has 1 unspecified atom stereocenters. The summed E-state index contributed by atoms with van der Waals surface area (Å²) in [5.74, 6) is -1.68. The lowest BCUT2D eigenvalue weighted by Gasteiger charge is -2.20. The van der Waals surface area contributed by atoms with Gasteiger partial charge in [-0.3, -0.25) is 14.2 Å². The smallest absolute Gasteiger partial charge is 0.383 e. The molecule has 9 nitrogen and oxygen atoms in total. The van der Waals surface area contributed by atoms with E-state index in [-0.39, 0.29) is 30.1 Å². The number of methoxy groups -OCH3 is 1. The lowest BCUT2D eigenvalue weighted by Crippen LogP contribution is -2.38. The second kappa shape index (κ2) is 13.9. The largest absolute Gasteiger partial charge is 0.416 e. The van der Waals surface area contributed by atoms with Gasteiger partial charge in [0.25, 0.3) is 0 Å². The maximum atomic E-state index is 13.3. The zero-order chi connectivity index (χ0) is 31.1. The van der Waals surface area contributed by atoms with Gasteiger partial charge in [-0.1, -0.05) is 23.7 Å². The van der Waals surface area contributed by atoms with Crippen LogP contribution in [-0.2, 0) is 33.6 Å². The summed E-state index contributed by atoms with van der Waals surface area (Å²) in [6.45, 7) is -1.30. The van der Waals surface area contributed by atoms with E-state index in [1.807, 2.05) is 0 Å². The molecule has 2 aromatic carbocycles. The van der Waals surface area contributed by atoms with Gasteiger partial charge in [0, 0.05) is 30.8 Å². The van der Waals surface area contributed by atoms with E-state index < -0.39 is 67.4 Å². The first-order valence-corrected chi connectivity index (χ1v) is 12.8. The van der Waals surface area contributed by atoms with E-state index in [0.717, 1.165) is 22.8 Å². The molecule has 0 radical (unpaired) electrons. The minimum absolute atomic E-state index is 0.0371. The second-order valence-electron chi connectivity index (χ2n) is 9.08. The molecule has 1 atom stereocenters. The van der Waals surface area contributed by atoms with Gasteiger partial charge < -0.3 is 15.4 Å². The Morgan fingerprint density at radius 3 is 2.36 bits per heavy atom. The number of rotatable bonds is 12. The van der Waals surface area contributed by atoms with Crippen LogP contribution >= 0.6 is 11.6 Å². The molecule has 2 N–H and O–H groups in total. The van der Waals surface area contributed by atoms with Crippen molar-refractivity contribution in [2.75, 3.05) is 20.3 Å². The van der Waals surface area contributed by atoms with E-state index in [4.69, 9.17) is 16.3 Å². The molecule has 0 saturated heterocycles. The van der Waals surface area contributed by atoms with Crippen LogP contribution in [0.1, 0.15) is 30.0 Å². The standard InChI is InChI=1S/C26H26ClF6N5O4/c1-42-12-10-34-21(39)14-20(17-3-2-4-18(13-17)26(31,32)33)35-22(40)15-38-24(41)37(11-9-25(28,29)30)23(36-38)16-5-7-19(27)8-6-16/h2-8,13,20H,9-12,14-15H2,1H3,(H,34,39)(H,35,40). The van der Waals surface area contributed by atoms with Gasteiger partial charge in [-0.25, -0.2) is 9.48 Å². The minimum atomic E-state index is -4.69. The van der Waals surface area contributed by atoms with Crippen molar-refractivity contribution in [2.45, 2.75) is 44.3 Å². The van der Waals surface area contributed by atoms with Crippen LogP contribution in [-0.4, -0.2) is 52.6 Å². The summed E-state index contributed by atoms with van der Waals surface area (Å²) in [7, 11) is 1.41. The third-order valence-electron chi connectivity index (χ3n) is 5.91. The average Bonchev–Trinajstić information content (AvgIpc) is 3.21. The SMILES string of the molecule is COCCNC(=O)CC(NC(=O)Cn1nc(-c2ccc(Cl)cc2)n(CCC(F)(F)F)c1=O)c1cccc(C(F)(F)F)c1. The van der Waals surface area contributed by atoms with Crippen molar-refractivity contribution in [1.82, 2.24) is 25.0 Å². The number of aromatic nitrogens is 3. The summed E-state index contributed by atoms with van der Waals surface area (Å²) >= 11 is 5.88. The number of nitrogens with one attached hydrogen (secondary N) is 2. The quantitative estimate of drug-likeness (QED) is 0.231. The highest BCUT2D eigenvalue weighted by molar-refractivity contribution is 6.30. The zero-order valence-electron chi connectivity index (χ0n) is 22.1. The van der Waals surface area contributed by atoms with Gasteiger partial charge in [0.05, 0.1) is 31.1 Å². The van der Waals surface area contributed by atoms with Crippen molar-refractivity contribution in [3.05, 3.63) is 75.2 Å². The lowest BCUT2D eigenvalue weighted by atomic mass is 10.0. The molecule has 0 spiro atoms. The van der Waals surface area contributed by atoms with Crippen molar-refractivity contribution in [3.8, 4) is 11.4 Å². The molecule has 16 heteroatoms. The number of carbonyl (C=O) groups excluding carboxylic acids is 2. The Kier molecular flexibility index (Phi) is 10.8. The van der Waals surface area contributed by atoms with E-state index in [0.29, 0.717) is 9.70 Å². The van der Waals surface area contributed by atoms with Crippen LogP contribution < -0.4 is 16.3 Å². The van der Waals surface area contributed by atoms with Gasteiger partial charge in [0.1, 0.15) is 6.54 Å². The monoisotopic (exact) mass is 621 g/mol. The molecule has 0 saturated carbocycles. The van der Waals surface area contributed by atoms with Crippen LogP contribution in [0.15, 0.2) is 53.3 Å². The molecule has 2 amide bonds. The number of alkyl halides is 6. The number of ether oxygens (including phenoxy) is 1. The van der Waals surface area contributed by atoms with Crippen molar-refractivity contribution >= 4 is 23.4 Å². The number of nitrogens with zero attached hydrogens (tertiary/aromatic N) is 3. The molecule has 1 heterocycles. The predicted molar refractivity (Wildman–Crippen MR) is 139 cm³/mol. The van der Waals surface area contributed by atoms with Crippen molar-refractivity contribution < 1.29 is 40.7 Å². The maximum Gasteiger partial charge on any atom is 0.416 e. The summed E-state index contributed by atoms with van der Waals surface area (Å²) in [5.41, 5.74) is -1.81. The molecule has 0 bridgehead atoms. The summed E-state index contributed by atoms with van der Waals surface area (Å²) in [4.78, 5) is 38.5.